The zero-order valence-electron chi connectivity index (χ0n) is 8.28. The molecule has 82 valence electrons. The Hall–Kier alpha value is -1.09. The van der Waals surface area contributed by atoms with Gasteiger partial charge in [0.05, 0.1) is 5.02 Å². The quantitative estimate of drug-likeness (QED) is 0.836. The maximum atomic E-state index is 11.0. The molecule has 0 saturated heterocycles. The van der Waals surface area contributed by atoms with Gasteiger partial charge in [0.1, 0.15) is 6.04 Å². The van der Waals surface area contributed by atoms with Crippen molar-refractivity contribution in [2.24, 2.45) is 5.73 Å². The van der Waals surface area contributed by atoms with Gasteiger partial charge >= 0.3 is 0 Å². The van der Waals surface area contributed by atoms with E-state index in [2.05, 4.69) is 0 Å². The van der Waals surface area contributed by atoms with Gasteiger partial charge in [0, 0.05) is 5.39 Å². The molecule has 2 aromatic rings. The van der Waals surface area contributed by atoms with Crippen molar-refractivity contribution in [3.05, 3.63) is 47.0 Å². The molecular formula is C12H9Cl2NO. The summed E-state index contributed by atoms with van der Waals surface area (Å²) in [6.07, 6.45) is 0. The van der Waals surface area contributed by atoms with Crippen LogP contribution in [0, 0.1) is 0 Å². The molecule has 0 saturated carbocycles. The average molecular weight is 254 g/mol. The van der Waals surface area contributed by atoms with E-state index < -0.39 is 11.3 Å². The molecule has 4 heteroatoms. The normalized spacial score (nSPS) is 12.7. The fraction of sp³-hybridized carbons (Fsp3) is 0.0833. The summed E-state index contributed by atoms with van der Waals surface area (Å²) in [5.74, 6) is 0. The standard InChI is InChI=1S/C12H9Cl2NO/c13-10-8-4-2-1-3-7(8)5-6-9(10)11(15)12(14)16/h1-6,11H,15H2. The lowest BCUT2D eigenvalue weighted by Gasteiger charge is -2.11. The summed E-state index contributed by atoms with van der Waals surface area (Å²) in [7, 11) is 0. The number of halogens is 2. The van der Waals surface area contributed by atoms with Gasteiger partial charge in [-0.25, -0.2) is 0 Å². The SMILES string of the molecule is NC(C(=O)Cl)c1ccc2ccccc2c1Cl. The van der Waals surface area contributed by atoms with Crippen LogP contribution in [0.2, 0.25) is 5.02 Å². The Morgan fingerprint density at radius 3 is 2.56 bits per heavy atom. The summed E-state index contributed by atoms with van der Waals surface area (Å²) in [6.45, 7) is 0. The van der Waals surface area contributed by atoms with Crippen LogP contribution in [0.25, 0.3) is 10.8 Å². The fourth-order valence-corrected chi connectivity index (χ4v) is 2.08. The molecule has 2 nitrogen and oxygen atoms in total. The first-order chi connectivity index (χ1) is 7.61. The summed E-state index contributed by atoms with van der Waals surface area (Å²) in [5.41, 5.74) is 6.22. The number of hydrogen-bond acceptors (Lipinski definition) is 2. The second kappa shape index (κ2) is 4.42. The van der Waals surface area contributed by atoms with Gasteiger partial charge in [-0.3, -0.25) is 4.79 Å². The molecule has 0 radical (unpaired) electrons. The highest BCUT2D eigenvalue weighted by Gasteiger charge is 2.17. The van der Waals surface area contributed by atoms with E-state index in [0.717, 1.165) is 10.8 Å². The van der Waals surface area contributed by atoms with Crippen LogP contribution in [0.15, 0.2) is 36.4 Å². The number of rotatable bonds is 2. The predicted molar refractivity (Wildman–Crippen MR) is 66.7 cm³/mol. The average Bonchev–Trinajstić information content (AvgIpc) is 2.29. The van der Waals surface area contributed by atoms with E-state index in [0.29, 0.717) is 10.6 Å². The lowest BCUT2D eigenvalue weighted by molar-refractivity contribution is -0.112. The minimum atomic E-state index is -0.876. The molecule has 1 unspecified atom stereocenters. The molecule has 0 aliphatic carbocycles. The Morgan fingerprint density at radius 2 is 1.88 bits per heavy atom. The van der Waals surface area contributed by atoms with E-state index >= 15 is 0 Å². The zero-order chi connectivity index (χ0) is 11.7. The van der Waals surface area contributed by atoms with Gasteiger partial charge in [-0.05, 0) is 22.6 Å². The molecule has 1 atom stereocenters. The van der Waals surface area contributed by atoms with Gasteiger partial charge in [-0.1, -0.05) is 48.0 Å². The first kappa shape index (κ1) is 11.4. The highest BCUT2D eigenvalue weighted by molar-refractivity contribution is 6.64. The van der Waals surface area contributed by atoms with E-state index in [1.165, 1.54) is 0 Å². The van der Waals surface area contributed by atoms with Crippen LogP contribution >= 0.6 is 23.2 Å². The number of nitrogens with two attached hydrogens (primary N) is 1. The molecule has 2 rings (SSSR count). The van der Waals surface area contributed by atoms with Gasteiger partial charge in [0.15, 0.2) is 0 Å². The third-order valence-electron chi connectivity index (χ3n) is 2.47. The van der Waals surface area contributed by atoms with E-state index in [9.17, 15) is 4.79 Å². The summed E-state index contributed by atoms with van der Waals surface area (Å²) in [4.78, 5) is 11.0. The molecule has 0 heterocycles. The molecule has 0 fully saturated rings. The molecule has 0 aromatic heterocycles. The molecule has 0 aliphatic rings. The Bertz CT molecular complexity index is 554. The molecule has 0 spiro atoms. The minimum Gasteiger partial charge on any atom is -0.317 e. The third kappa shape index (κ3) is 1.92. The van der Waals surface area contributed by atoms with E-state index in [4.69, 9.17) is 28.9 Å². The molecule has 0 aliphatic heterocycles. The molecule has 0 bridgehead atoms. The van der Waals surface area contributed by atoms with Crippen molar-refractivity contribution in [2.45, 2.75) is 6.04 Å². The summed E-state index contributed by atoms with van der Waals surface area (Å²) in [6, 6.07) is 10.4. The van der Waals surface area contributed by atoms with Crippen molar-refractivity contribution >= 4 is 39.2 Å². The Kier molecular flexibility index (Phi) is 3.15. The highest BCUT2D eigenvalue weighted by Crippen LogP contribution is 2.30. The van der Waals surface area contributed by atoms with Crippen molar-refractivity contribution in [3.8, 4) is 0 Å². The summed E-state index contributed by atoms with van der Waals surface area (Å²) >= 11 is 11.6. The number of benzene rings is 2. The van der Waals surface area contributed by atoms with Gasteiger partial charge < -0.3 is 5.73 Å². The van der Waals surface area contributed by atoms with E-state index in [1.54, 1.807) is 6.07 Å². The lowest BCUT2D eigenvalue weighted by Crippen LogP contribution is -2.17. The Balaban J connectivity index is 2.65. The van der Waals surface area contributed by atoms with Gasteiger partial charge in [-0.2, -0.15) is 0 Å². The first-order valence-electron chi connectivity index (χ1n) is 4.73. The van der Waals surface area contributed by atoms with Crippen LogP contribution in [0.5, 0.6) is 0 Å². The van der Waals surface area contributed by atoms with Crippen LogP contribution in [0.1, 0.15) is 11.6 Å². The third-order valence-corrected chi connectivity index (χ3v) is 3.13. The van der Waals surface area contributed by atoms with Crippen LogP contribution in [0.3, 0.4) is 0 Å². The smallest absolute Gasteiger partial charge is 0.242 e. The van der Waals surface area contributed by atoms with Gasteiger partial charge in [0.2, 0.25) is 5.24 Å². The van der Waals surface area contributed by atoms with Gasteiger partial charge in [-0.15, -0.1) is 0 Å². The Morgan fingerprint density at radius 1 is 1.19 bits per heavy atom. The van der Waals surface area contributed by atoms with Crippen LogP contribution in [-0.4, -0.2) is 5.24 Å². The number of carbonyl (C=O) groups excluding carboxylic acids is 1. The number of fused-ring (bicyclic) bond motifs is 1. The highest BCUT2D eigenvalue weighted by atomic mass is 35.5. The van der Waals surface area contributed by atoms with Crippen LogP contribution < -0.4 is 5.73 Å². The van der Waals surface area contributed by atoms with Gasteiger partial charge in [0.25, 0.3) is 0 Å². The molecular weight excluding hydrogens is 245 g/mol. The fourth-order valence-electron chi connectivity index (χ4n) is 1.61. The maximum absolute atomic E-state index is 11.0. The molecule has 2 aromatic carbocycles. The lowest BCUT2D eigenvalue weighted by atomic mass is 10.0. The summed E-state index contributed by atoms with van der Waals surface area (Å²) < 4.78 is 0. The number of hydrogen-bond donors (Lipinski definition) is 1. The van der Waals surface area contributed by atoms with Crippen molar-refractivity contribution in [1.29, 1.82) is 0 Å². The molecule has 16 heavy (non-hydrogen) atoms. The molecule has 0 amide bonds. The molecule has 2 N–H and O–H groups in total. The second-order valence-electron chi connectivity index (χ2n) is 3.47. The predicted octanol–water partition coefficient (Wildman–Crippen LogP) is 3.26. The van der Waals surface area contributed by atoms with Crippen LogP contribution in [-0.2, 0) is 4.79 Å². The van der Waals surface area contributed by atoms with E-state index in [-0.39, 0.29) is 0 Å². The monoisotopic (exact) mass is 253 g/mol. The van der Waals surface area contributed by atoms with E-state index in [1.807, 2.05) is 30.3 Å². The minimum absolute atomic E-state index is 0.486. The Labute approximate surface area is 103 Å². The number of carbonyl (C=O) groups is 1. The zero-order valence-corrected chi connectivity index (χ0v) is 9.79. The second-order valence-corrected chi connectivity index (χ2v) is 4.22. The topological polar surface area (TPSA) is 43.1 Å². The van der Waals surface area contributed by atoms with Crippen molar-refractivity contribution in [2.75, 3.05) is 0 Å². The van der Waals surface area contributed by atoms with Crippen molar-refractivity contribution < 1.29 is 4.79 Å². The summed E-state index contributed by atoms with van der Waals surface area (Å²) in [5, 5.41) is 1.75. The largest absolute Gasteiger partial charge is 0.317 e. The van der Waals surface area contributed by atoms with Crippen molar-refractivity contribution in [1.82, 2.24) is 0 Å². The van der Waals surface area contributed by atoms with Crippen LogP contribution in [0.4, 0.5) is 0 Å². The first-order valence-corrected chi connectivity index (χ1v) is 5.49. The maximum Gasteiger partial charge on any atom is 0.242 e. The van der Waals surface area contributed by atoms with Crippen molar-refractivity contribution in [3.63, 3.8) is 0 Å².